The van der Waals surface area contributed by atoms with Gasteiger partial charge < -0.3 is 19.9 Å². The van der Waals surface area contributed by atoms with Crippen LogP contribution in [0.3, 0.4) is 0 Å². The van der Waals surface area contributed by atoms with Crippen LogP contribution in [-0.4, -0.2) is 70.2 Å². The number of aromatic nitrogens is 4. The first-order chi connectivity index (χ1) is 17.0. The molecule has 0 atom stereocenters. The molecule has 0 amide bonds. The number of nitrogens with one attached hydrogen (secondary N) is 1. The highest BCUT2D eigenvalue weighted by atomic mass is 32.1. The molecule has 4 aromatic rings. The van der Waals surface area contributed by atoms with Crippen LogP contribution in [0.1, 0.15) is 30.7 Å². The van der Waals surface area contributed by atoms with Crippen molar-refractivity contribution in [2.45, 2.75) is 38.9 Å². The number of anilines is 2. The van der Waals surface area contributed by atoms with E-state index >= 15 is 0 Å². The lowest BCUT2D eigenvalue weighted by atomic mass is 9.90. The zero-order chi connectivity index (χ0) is 24.0. The average Bonchev–Trinajstić information content (AvgIpc) is 3.24. The normalized spacial score (nSPS) is 18.2. The van der Waals surface area contributed by atoms with E-state index in [1.54, 1.807) is 17.7 Å². The smallest absolute Gasteiger partial charge is 0.147 e. The maximum Gasteiger partial charge on any atom is 0.147 e. The van der Waals surface area contributed by atoms with Gasteiger partial charge in [0.25, 0.3) is 0 Å². The monoisotopic (exact) mass is 489 g/mol. The molecule has 8 nitrogen and oxygen atoms in total. The molecule has 0 spiro atoms. The molecule has 0 aliphatic carbocycles. The number of rotatable bonds is 5. The number of piperazine rings is 1. The molecule has 0 bridgehead atoms. The Morgan fingerprint density at radius 3 is 2.74 bits per heavy atom. The van der Waals surface area contributed by atoms with Gasteiger partial charge in [0.15, 0.2) is 0 Å². The van der Waals surface area contributed by atoms with E-state index in [0.717, 1.165) is 77.9 Å². The van der Waals surface area contributed by atoms with Crippen LogP contribution < -0.4 is 10.2 Å². The molecule has 6 rings (SSSR count). The Hall–Kier alpha value is -2.88. The van der Waals surface area contributed by atoms with Crippen molar-refractivity contribution in [2.24, 2.45) is 0 Å². The highest BCUT2D eigenvalue weighted by Gasteiger charge is 2.33. The zero-order valence-electron chi connectivity index (χ0n) is 20.5. The highest BCUT2D eigenvalue weighted by molar-refractivity contribution is 7.26. The van der Waals surface area contributed by atoms with E-state index in [-0.39, 0.29) is 5.60 Å². The molecule has 1 saturated heterocycles. The van der Waals surface area contributed by atoms with Crippen LogP contribution in [0, 0.1) is 0 Å². The van der Waals surface area contributed by atoms with Crippen LogP contribution in [0.15, 0.2) is 30.7 Å². The van der Waals surface area contributed by atoms with Crippen molar-refractivity contribution in [1.29, 1.82) is 0 Å². The first-order valence-electron chi connectivity index (χ1n) is 12.3. The predicted octanol–water partition coefficient (Wildman–Crippen LogP) is 3.89. The van der Waals surface area contributed by atoms with Gasteiger partial charge in [0.2, 0.25) is 0 Å². The molecule has 4 aromatic heterocycles. The molecule has 1 fully saturated rings. The third-order valence-electron chi connectivity index (χ3n) is 7.01. The van der Waals surface area contributed by atoms with Gasteiger partial charge in [-0.2, -0.15) is 0 Å². The Labute approximate surface area is 209 Å². The first-order valence-corrected chi connectivity index (χ1v) is 13.1. The number of ether oxygens (including phenoxy) is 1. The van der Waals surface area contributed by atoms with E-state index in [1.165, 1.54) is 16.5 Å². The highest BCUT2D eigenvalue weighted by Crippen LogP contribution is 2.44. The van der Waals surface area contributed by atoms with E-state index in [1.807, 2.05) is 18.3 Å². The number of thiophene rings is 1. The lowest BCUT2D eigenvalue weighted by molar-refractivity contribution is -0.0395. The van der Waals surface area contributed by atoms with Crippen LogP contribution in [0.25, 0.3) is 20.4 Å². The fourth-order valence-corrected chi connectivity index (χ4v) is 6.17. The molecule has 2 aliphatic heterocycles. The summed E-state index contributed by atoms with van der Waals surface area (Å²) in [6.45, 7) is 9.75. The number of hydrogen-bond acceptors (Lipinski definition) is 9. The van der Waals surface area contributed by atoms with Crippen LogP contribution in [0.5, 0.6) is 0 Å². The molecule has 1 N–H and O–H groups in total. The van der Waals surface area contributed by atoms with Crippen molar-refractivity contribution >= 4 is 43.4 Å². The third kappa shape index (κ3) is 4.32. The lowest BCUT2D eigenvalue weighted by Gasteiger charge is -2.38. The van der Waals surface area contributed by atoms with Gasteiger partial charge in [-0.05, 0) is 38.6 Å². The van der Waals surface area contributed by atoms with Gasteiger partial charge in [-0.1, -0.05) is 6.07 Å². The van der Waals surface area contributed by atoms with Crippen molar-refractivity contribution in [3.63, 3.8) is 0 Å². The van der Waals surface area contributed by atoms with Crippen molar-refractivity contribution in [3.05, 3.63) is 47.5 Å². The minimum absolute atomic E-state index is 0.217. The van der Waals surface area contributed by atoms with Gasteiger partial charge in [0, 0.05) is 68.4 Å². The molecule has 6 heterocycles. The molecule has 0 saturated carbocycles. The van der Waals surface area contributed by atoms with E-state index < -0.39 is 0 Å². The van der Waals surface area contributed by atoms with Crippen LogP contribution in [0.2, 0.25) is 0 Å². The van der Waals surface area contributed by atoms with E-state index in [0.29, 0.717) is 6.61 Å². The van der Waals surface area contributed by atoms with Gasteiger partial charge in [0.1, 0.15) is 22.8 Å². The first kappa shape index (κ1) is 22.6. The molecule has 0 radical (unpaired) electrons. The summed E-state index contributed by atoms with van der Waals surface area (Å²) in [6, 6.07) is 6.02. The molecule has 35 heavy (non-hydrogen) atoms. The molecular formula is C26H31N7OS. The van der Waals surface area contributed by atoms with Crippen molar-refractivity contribution in [2.75, 3.05) is 50.0 Å². The second kappa shape index (κ2) is 8.96. The maximum atomic E-state index is 6.28. The Balaban J connectivity index is 1.42. The van der Waals surface area contributed by atoms with Crippen molar-refractivity contribution in [3.8, 4) is 0 Å². The summed E-state index contributed by atoms with van der Waals surface area (Å²) >= 11 is 1.69. The molecule has 0 aromatic carbocycles. The fourth-order valence-electron chi connectivity index (χ4n) is 5.05. The van der Waals surface area contributed by atoms with E-state index in [9.17, 15) is 0 Å². The Bertz CT molecular complexity index is 1360. The summed E-state index contributed by atoms with van der Waals surface area (Å²) in [4.78, 5) is 24.9. The summed E-state index contributed by atoms with van der Waals surface area (Å²) < 4.78 is 7.34. The quantitative estimate of drug-likeness (QED) is 0.452. The lowest BCUT2D eigenvalue weighted by Crippen LogP contribution is -2.45. The second-order valence-corrected chi connectivity index (χ2v) is 11.1. The third-order valence-corrected chi connectivity index (χ3v) is 8.09. The molecule has 2 aliphatic rings. The van der Waals surface area contributed by atoms with Crippen LogP contribution in [0.4, 0.5) is 11.6 Å². The number of nitrogens with zero attached hydrogens (tertiary/aromatic N) is 6. The Morgan fingerprint density at radius 1 is 1.09 bits per heavy atom. The van der Waals surface area contributed by atoms with E-state index in [2.05, 4.69) is 52.0 Å². The molecular weight excluding hydrogens is 458 g/mol. The summed E-state index contributed by atoms with van der Waals surface area (Å²) in [5.41, 5.74) is 4.41. The topological polar surface area (TPSA) is 79.3 Å². The van der Waals surface area contributed by atoms with Crippen molar-refractivity contribution in [1.82, 2.24) is 24.8 Å². The summed E-state index contributed by atoms with van der Waals surface area (Å²) in [6.07, 6.45) is 5.19. The zero-order valence-corrected chi connectivity index (χ0v) is 21.4. The van der Waals surface area contributed by atoms with Gasteiger partial charge in [-0.25, -0.2) is 15.0 Å². The molecule has 182 valence electrons. The van der Waals surface area contributed by atoms with Crippen LogP contribution >= 0.6 is 11.3 Å². The van der Waals surface area contributed by atoms with Gasteiger partial charge in [-0.3, -0.25) is 4.98 Å². The Morgan fingerprint density at radius 2 is 1.94 bits per heavy atom. The summed E-state index contributed by atoms with van der Waals surface area (Å²) in [5, 5.41) is 4.70. The number of fused-ring (bicyclic) bond motifs is 5. The summed E-state index contributed by atoms with van der Waals surface area (Å²) in [5.74, 6) is 1.95. The van der Waals surface area contributed by atoms with Gasteiger partial charge in [-0.15, -0.1) is 11.3 Å². The number of pyridine rings is 2. The molecule has 0 unspecified atom stereocenters. The molecule has 9 heteroatoms. The Kier molecular flexibility index (Phi) is 5.78. The SMILES string of the molecule is CN1CCN(c2nc3sc4c(NCCc5ccccn5)ncnc4c3c3c2COC(C)(C)C3)CC1. The van der Waals surface area contributed by atoms with Gasteiger partial charge in [0.05, 0.1) is 22.4 Å². The number of hydrogen-bond donors (Lipinski definition) is 1. The second-order valence-electron chi connectivity index (χ2n) is 10.1. The fraction of sp³-hybridized carbons (Fsp3) is 0.462. The summed E-state index contributed by atoms with van der Waals surface area (Å²) in [7, 11) is 2.18. The largest absolute Gasteiger partial charge is 0.370 e. The van der Waals surface area contributed by atoms with Crippen LogP contribution in [-0.2, 0) is 24.2 Å². The van der Waals surface area contributed by atoms with E-state index in [4.69, 9.17) is 14.7 Å². The minimum atomic E-state index is -0.217. The average molecular weight is 490 g/mol. The minimum Gasteiger partial charge on any atom is -0.370 e. The number of likely N-dealkylation sites (N-methyl/N-ethyl adjacent to an activating group) is 1. The van der Waals surface area contributed by atoms with Gasteiger partial charge >= 0.3 is 0 Å². The maximum absolute atomic E-state index is 6.28. The predicted molar refractivity (Wildman–Crippen MR) is 141 cm³/mol. The van der Waals surface area contributed by atoms with Crippen molar-refractivity contribution < 1.29 is 4.74 Å². The standard InChI is InChI=1S/C26H31N7OS/c1-26(2)14-18-19(15-34-26)24(33-12-10-32(3)11-13-33)31-25-20(18)21-22(35-25)23(30-16-29-21)28-9-7-17-6-4-5-8-27-17/h4-6,8,16H,7,9-15H2,1-3H3,(H,28,29,30).